The van der Waals surface area contributed by atoms with Crippen LogP contribution in [0.5, 0.6) is 11.5 Å². The predicted molar refractivity (Wildman–Crippen MR) is 104 cm³/mol. The molecule has 3 rings (SSSR count). The summed E-state index contributed by atoms with van der Waals surface area (Å²) in [5.41, 5.74) is 1.42. The van der Waals surface area contributed by atoms with Gasteiger partial charge in [0.05, 0.1) is 26.2 Å². The molecule has 0 radical (unpaired) electrons. The number of aliphatic hydroxyl groups excluding tert-OH is 1. The van der Waals surface area contributed by atoms with E-state index in [4.69, 9.17) is 9.47 Å². The van der Waals surface area contributed by atoms with Gasteiger partial charge in [-0.3, -0.25) is 9.59 Å². The topological polar surface area (TPSA) is 88.1 Å². The van der Waals surface area contributed by atoms with Gasteiger partial charge in [0, 0.05) is 25.2 Å². The van der Waals surface area contributed by atoms with Crippen LogP contribution in [0.15, 0.2) is 48.5 Å². The first-order valence-electron chi connectivity index (χ1n) is 9.06. The van der Waals surface area contributed by atoms with Gasteiger partial charge in [0.2, 0.25) is 11.8 Å². The number of anilines is 1. The van der Waals surface area contributed by atoms with Crippen LogP contribution in [-0.2, 0) is 9.59 Å². The van der Waals surface area contributed by atoms with Gasteiger partial charge in [-0.25, -0.2) is 0 Å². The molecule has 0 aromatic heterocycles. The van der Waals surface area contributed by atoms with Crippen LogP contribution in [0.3, 0.4) is 0 Å². The van der Waals surface area contributed by atoms with Crippen molar-refractivity contribution in [3.05, 3.63) is 54.1 Å². The zero-order valence-corrected chi connectivity index (χ0v) is 15.9. The number of methoxy groups -OCH3 is 2. The fourth-order valence-electron chi connectivity index (χ4n) is 3.18. The maximum Gasteiger partial charge on any atom is 0.227 e. The number of carbonyl (C=O) groups excluding carboxylic acids is 2. The van der Waals surface area contributed by atoms with Crippen LogP contribution in [-0.4, -0.2) is 44.2 Å². The number of hydrogen-bond donors (Lipinski definition) is 2. The predicted octanol–water partition coefficient (Wildman–Crippen LogP) is 1.91. The van der Waals surface area contributed by atoms with E-state index in [0.29, 0.717) is 23.6 Å². The van der Waals surface area contributed by atoms with Crippen molar-refractivity contribution in [2.75, 3.05) is 32.2 Å². The molecular weight excluding hydrogens is 360 g/mol. The van der Waals surface area contributed by atoms with E-state index in [9.17, 15) is 14.7 Å². The van der Waals surface area contributed by atoms with Crippen molar-refractivity contribution in [2.24, 2.45) is 5.92 Å². The molecule has 2 N–H and O–H groups in total. The Hall–Kier alpha value is -3.06. The molecule has 28 heavy (non-hydrogen) atoms. The standard InChI is InChI=1S/C21H24N2O5/c1-27-17-7-3-14(4-8-17)19(24)12-22-21(26)15-11-20(25)23(13-15)16-5-9-18(28-2)10-6-16/h3-10,15,19,24H,11-13H2,1-2H3,(H,22,26). The van der Waals surface area contributed by atoms with Crippen molar-refractivity contribution in [2.45, 2.75) is 12.5 Å². The molecule has 7 nitrogen and oxygen atoms in total. The van der Waals surface area contributed by atoms with E-state index in [2.05, 4.69) is 5.32 Å². The van der Waals surface area contributed by atoms with Gasteiger partial charge < -0.3 is 24.8 Å². The summed E-state index contributed by atoms with van der Waals surface area (Å²) in [6, 6.07) is 14.2. The summed E-state index contributed by atoms with van der Waals surface area (Å²) in [4.78, 5) is 26.4. The number of aliphatic hydroxyl groups is 1. The molecule has 0 aliphatic carbocycles. The summed E-state index contributed by atoms with van der Waals surface area (Å²) in [7, 11) is 3.15. The molecule has 1 aliphatic rings. The van der Waals surface area contributed by atoms with Crippen molar-refractivity contribution in [1.29, 1.82) is 0 Å². The molecule has 1 saturated heterocycles. The number of benzene rings is 2. The van der Waals surface area contributed by atoms with E-state index in [1.165, 1.54) is 0 Å². The van der Waals surface area contributed by atoms with Crippen LogP contribution in [0.2, 0.25) is 0 Å². The Kier molecular flexibility index (Phi) is 6.16. The van der Waals surface area contributed by atoms with E-state index >= 15 is 0 Å². The molecular formula is C21H24N2O5. The second-order valence-electron chi connectivity index (χ2n) is 6.64. The smallest absolute Gasteiger partial charge is 0.227 e. The number of ether oxygens (including phenoxy) is 2. The van der Waals surface area contributed by atoms with Gasteiger partial charge in [-0.05, 0) is 42.0 Å². The van der Waals surface area contributed by atoms with Gasteiger partial charge in [0.1, 0.15) is 11.5 Å². The van der Waals surface area contributed by atoms with Crippen LogP contribution in [0.1, 0.15) is 18.1 Å². The number of nitrogens with zero attached hydrogens (tertiary/aromatic N) is 1. The monoisotopic (exact) mass is 384 g/mol. The molecule has 7 heteroatoms. The largest absolute Gasteiger partial charge is 0.497 e. The van der Waals surface area contributed by atoms with Crippen LogP contribution < -0.4 is 19.7 Å². The maximum atomic E-state index is 12.5. The molecule has 0 spiro atoms. The highest BCUT2D eigenvalue weighted by atomic mass is 16.5. The van der Waals surface area contributed by atoms with E-state index in [1.807, 2.05) is 0 Å². The minimum absolute atomic E-state index is 0.0817. The highest BCUT2D eigenvalue weighted by Gasteiger charge is 2.35. The van der Waals surface area contributed by atoms with Gasteiger partial charge in [0.15, 0.2) is 0 Å². The number of carbonyl (C=O) groups is 2. The quantitative estimate of drug-likeness (QED) is 0.761. The average molecular weight is 384 g/mol. The second kappa shape index (κ2) is 8.75. The molecule has 1 aliphatic heterocycles. The average Bonchev–Trinajstić information content (AvgIpc) is 3.13. The van der Waals surface area contributed by atoms with Crippen LogP contribution in [0.4, 0.5) is 5.69 Å². The van der Waals surface area contributed by atoms with Crippen molar-refractivity contribution < 1.29 is 24.2 Å². The van der Waals surface area contributed by atoms with E-state index in [-0.39, 0.29) is 24.8 Å². The van der Waals surface area contributed by atoms with Gasteiger partial charge in [0.25, 0.3) is 0 Å². The van der Waals surface area contributed by atoms with Gasteiger partial charge in [-0.2, -0.15) is 0 Å². The maximum absolute atomic E-state index is 12.5. The third-order valence-electron chi connectivity index (χ3n) is 4.85. The summed E-state index contributed by atoms with van der Waals surface area (Å²) < 4.78 is 10.2. The molecule has 2 aromatic rings. The fraction of sp³-hybridized carbons (Fsp3) is 0.333. The van der Waals surface area contributed by atoms with Gasteiger partial charge >= 0.3 is 0 Å². The number of amides is 2. The van der Waals surface area contributed by atoms with Crippen molar-refractivity contribution >= 4 is 17.5 Å². The van der Waals surface area contributed by atoms with E-state index < -0.39 is 12.0 Å². The zero-order chi connectivity index (χ0) is 20.1. The molecule has 2 amide bonds. The molecule has 0 bridgehead atoms. The number of rotatable bonds is 7. The summed E-state index contributed by atoms with van der Waals surface area (Å²) in [6.07, 6.45) is -0.680. The first kappa shape index (κ1) is 19.7. The van der Waals surface area contributed by atoms with E-state index in [1.54, 1.807) is 67.7 Å². The van der Waals surface area contributed by atoms with E-state index in [0.717, 1.165) is 5.69 Å². The second-order valence-corrected chi connectivity index (χ2v) is 6.64. The minimum atomic E-state index is -0.829. The lowest BCUT2D eigenvalue weighted by Gasteiger charge is -2.18. The van der Waals surface area contributed by atoms with Crippen molar-refractivity contribution in [1.82, 2.24) is 5.32 Å². The Morgan fingerprint density at radius 2 is 1.68 bits per heavy atom. The fourth-order valence-corrected chi connectivity index (χ4v) is 3.18. The molecule has 0 saturated carbocycles. The molecule has 148 valence electrons. The van der Waals surface area contributed by atoms with Crippen LogP contribution in [0.25, 0.3) is 0 Å². The highest BCUT2D eigenvalue weighted by Crippen LogP contribution is 2.27. The molecule has 2 aromatic carbocycles. The summed E-state index contributed by atoms with van der Waals surface area (Å²) in [5, 5.41) is 13.0. The lowest BCUT2D eigenvalue weighted by molar-refractivity contribution is -0.126. The summed E-state index contributed by atoms with van der Waals surface area (Å²) in [6.45, 7) is 0.397. The molecule has 1 heterocycles. The Morgan fingerprint density at radius 3 is 2.25 bits per heavy atom. The molecule has 1 fully saturated rings. The zero-order valence-electron chi connectivity index (χ0n) is 15.9. The Labute approximate surface area is 163 Å². The van der Waals surface area contributed by atoms with Crippen LogP contribution in [0, 0.1) is 5.92 Å². The first-order valence-corrected chi connectivity index (χ1v) is 9.06. The molecule has 2 atom stereocenters. The normalized spacial score (nSPS) is 17.3. The Morgan fingerprint density at radius 1 is 1.11 bits per heavy atom. The summed E-state index contributed by atoms with van der Waals surface area (Å²) in [5.74, 6) is 0.621. The SMILES string of the molecule is COc1ccc(C(O)CNC(=O)C2CC(=O)N(c3ccc(OC)cc3)C2)cc1. The summed E-state index contributed by atoms with van der Waals surface area (Å²) >= 11 is 0. The van der Waals surface area contributed by atoms with Crippen LogP contribution >= 0.6 is 0 Å². The Balaban J connectivity index is 1.55. The minimum Gasteiger partial charge on any atom is -0.497 e. The first-order chi connectivity index (χ1) is 13.5. The van der Waals surface area contributed by atoms with Gasteiger partial charge in [-0.1, -0.05) is 12.1 Å². The van der Waals surface area contributed by atoms with Crippen molar-refractivity contribution in [3.63, 3.8) is 0 Å². The lowest BCUT2D eigenvalue weighted by atomic mass is 10.1. The highest BCUT2D eigenvalue weighted by molar-refractivity contribution is 6.00. The lowest BCUT2D eigenvalue weighted by Crippen LogP contribution is -2.35. The Bertz CT molecular complexity index is 820. The van der Waals surface area contributed by atoms with Gasteiger partial charge in [-0.15, -0.1) is 0 Å². The third kappa shape index (κ3) is 4.43. The number of hydrogen-bond acceptors (Lipinski definition) is 5. The number of nitrogens with one attached hydrogen (secondary N) is 1. The van der Waals surface area contributed by atoms with Crippen molar-refractivity contribution in [3.8, 4) is 11.5 Å². The third-order valence-corrected chi connectivity index (χ3v) is 4.85. The molecule has 2 unspecified atom stereocenters.